The lowest BCUT2D eigenvalue weighted by atomic mass is 9.78. The number of esters is 1. The zero-order chi connectivity index (χ0) is 36.9. The summed E-state index contributed by atoms with van der Waals surface area (Å²) in [7, 11) is 1.20. The first-order valence-corrected chi connectivity index (χ1v) is 17.7. The number of nitrogens with zero attached hydrogens (tertiary/aromatic N) is 2. The average Bonchev–Trinajstić information content (AvgIpc) is 3.76. The second kappa shape index (κ2) is 16.2. The van der Waals surface area contributed by atoms with E-state index in [1.807, 2.05) is 58.0 Å². The Kier molecular flexibility index (Phi) is 11.9. The van der Waals surface area contributed by atoms with E-state index in [2.05, 4.69) is 31.1 Å². The van der Waals surface area contributed by atoms with Crippen molar-refractivity contribution in [3.63, 3.8) is 0 Å². The van der Waals surface area contributed by atoms with Crippen LogP contribution in [0.25, 0.3) is 10.9 Å². The van der Waals surface area contributed by atoms with Crippen molar-refractivity contribution in [3.8, 4) is 0 Å². The van der Waals surface area contributed by atoms with Crippen LogP contribution in [0.15, 0.2) is 47.0 Å². The molecule has 0 saturated heterocycles. The Morgan fingerprint density at radius 1 is 1.04 bits per heavy atom. The van der Waals surface area contributed by atoms with Crippen LogP contribution in [0.3, 0.4) is 0 Å². The molecule has 2 heterocycles. The van der Waals surface area contributed by atoms with E-state index in [9.17, 15) is 19.2 Å². The van der Waals surface area contributed by atoms with E-state index in [1.54, 1.807) is 12.1 Å². The molecule has 15 heteroatoms. The normalized spacial score (nSPS) is 17.8. The van der Waals surface area contributed by atoms with Crippen LogP contribution in [0.1, 0.15) is 86.3 Å². The van der Waals surface area contributed by atoms with Crippen molar-refractivity contribution >= 4 is 58.0 Å². The van der Waals surface area contributed by atoms with Gasteiger partial charge in [-0.25, -0.2) is 9.59 Å². The van der Waals surface area contributed by atoms with Crippen LogP contribution in [-0.2, 0) is 38.5 Å². The number of methoxy groups -OCH3 is 1. The van der Waals surface area contributed by atoms with Gasteiger partial charge in [0.1, 0.15) is 24.2 Å². The number of aromatic amines is 1. The lowest BCUT2D eigenvalue weighted by Gasteiger charge is -2.39. The number of rotatable bonds is 13. The van der Waals surface area contributed by atoms with Crippen molar-refractivity contribution in [1.29, 1.82) is 0 Å². The van der Waals surface area contributed by atoms with Gasteiger partial charge in [0, 0.05) is 22.5 Å². The fourth-order valence-electron chi connectivity index (χ4n) is 6.23. The molecule has 4 N–H and O–H groups in total. The van der Waals surface area contributed by atoms with Crippen molar-refractivity contribution in [3.05, 3.63) is 81.0 Å². The number of benzene rings is 2. The van der Waals surface area contributed by atoms with E-state index in [-0.39, 0.29) is 43.0 Å². The monoisotopic (exact) mass is 740 g/mol. The molecule has 272 valence electrons. The highest BCUT2D eigenvalue weighted by atomic mass is 35.5. The standard InChI is InChI=1S/C36H42Cl2N6O7/c1-6-19(3)27(41-35(48)50-18-21-11-9-8-10-12-21)31(45)43-36(14-13-26-24(17-36)23-15-22(37)16-25(38)29(23)39-26)34(47)40-28(20(4)7-2)32-42-30(44-51-32)33(46)49-5/h8-12,15-16,19-20,27-28,39H,6-7,13-14,17-18H2,1-5H3,(H,40,47)(H,41,48)(H,43,45)/t19?,20?,27?,28?,36-/m1/s1. The zero-order valence-electron chi connectivity index (χ0n) is 29.1. The molecule has 0 spiro atoms. The predicted molar refractivity (Wildman–Crippen MR) is 190 cm³/mol. The van der Waals surface area contributed by atoms with Crippen LogP contribution < -0.4 is 16.0 Å². The number of carbonyl (C=O) groups excluding carboxylic acids is 4. The number of nitrogens with one attached hydrogen (secondary N) is 4. The number of aryl methyl sites for hydroxylation is 1. The van der Waals surface area contributed by atoms with E-state index < -0.39 is 41.5 Å². The highest BCUT2D eigenvalue weighted by Crippen LogP contribution is 2.39. The quantitative estimate of drug-likeness (QED) is 0.116. The van der Waals surface area contributed by atoms with Gasteiger partial charge in [0.15, 0.2) is 0 Å². The van der Waals surface area contributed by atoms with Crippen molar-refractivity contribution in [2.24, 2.45) is 11.8 Å². The maximum absolute atomic E-state index is 14.7. The number of H-pyrrole nitrogens is 1. The summed E-state index contributed by atoms with van der Waals surface area (Å²) in [5.74, 6) is -2.65. The second-order valence-electron chi connectivity index (χ2n) is 13.0. The number of fused-ring (bicyclic) bond motifs is 3. The van der Waals surface area contributed by atoms with Gasteiger partial charge in [-0.1, -0.05) is 94.1 Å². The molecular weight excluding hydrogens is 699 g/mol. The van der Waals surface area contributed by atoms with Gasteiger partial charge in [0.2, 0.25) is 17.7 Å². The Bertz CT molecular complexity index is 1900. The summed E-state index contributed by atoms with van der Waals surface area (Å²) in [5, 5.41) is 14.1. The van der Waals surface area contributed by atoms with Crippen LogP contribution in [0, 0.1) is 11.8 Å². The molecule has 0 radical (unpaired) electrons. The maximum Gasteiger partial charge on any atom is 0.408 e. The fraction of sp³-hybridized carbons (Fsp3) is 0.444. The van der Waals surface area contributed by atoms with Gasteiger partial charge in [-0.3, -0.25) is 9.59 Å². The van der Waals surface area contributed by atoms with Gasteiger partial charge in [-0.05, 0) is 53.1 Å². The molecule has 3 amide bonds. The first-order chi connectivity index (χ1) is 24.4. The number of carbonyl (C=O) groups is 4. The Labute approximate surface area is 305 Å². The molecule has 2 aromatic heterocycles. The molecule has 51 heavy (non-hydrogen) atoms. The first kappa shape index (κ1) is 37.6. The number of halogens is 2. The van der Waals surface area contributed by atoms with Crippen molar-refractivity contribution in [2.45, 2.75) is 84.0 Å². The molecule has 1 aliphatic carbocycles. The van der Waals surface area contributed by atoms with Crippen LogP contribution in [0.2, 0.25) is 10.0 Å². The van der Waals surface area contributed by atoms with Crippen LogP contribution in [0.4, 0.5) is 4.79 Å². The smallest absolute Gasteiger partial charge is 0.408 e. The molecule has 5 atom stereocenters. The molecule has 0 bridgehead atoms. The Hall–Kier alpha value is -4.62. The predicted octanol–water partition coefficient (Wildman–Crippen LogP) is 6.23. The second-order valence-corrected chi connectivity index (χ2v) is 13.8. The lowest BCUT2D eigenvalue weighted by molar-refractivity contribution is -0.136. The van der Waals surface area contributed by atoms with Gasteiger partial charge in [0.05, 0.1) is 17.6 Å². The highest BCUT2D eigenvalue weighted by molar-refractivity contribution is 6.38. The number of hydrogen-bond donors (Lipinski definition) is 4. The van der Waals surface area contributed by atoms with Gasteiger partial charge < -0.3 is 34.9 Å². The Morgan fingerprint density at radius 2 is 1.76 bits per heavy atom. The molecule has 0 fully saturated rings. The fourth-order valence-corrected chi connectivity index (χ4v) is 6.77. The zero-order valence-corrected chi connectivity index (χ0v) is 30.6. The highest BCUT2D eigenvalue weighted by Gasteiger charge is 2.47. The molecule has 4 unspecified atom stereocenters. The third-order valence-corrected chi connectivity index (χ3v) is 10.2. The van der Waals surface area contributed by atoms with Crippen LogP contribution >= 0.6 is 23.2 Å². The number of amides is 3. The molecule has 0 aliphatic heterocycles. The van der Waals surface area contributed by atoms with E-state index in [1.165, 1.54) is 7.11 Å². The minimum absolute atomic E-state index is 0.0158. The molecule has 1 aliphatic rings. The number of ether oxygens (including phenoxy) is 2. The molecule has 13 nitrogen and oxygen atoms in total. The molecule has 4 aromatic rings. The SMILES string of the molecule is CCC(C)C(NC(=O)OCc1ccccc1)C(=O)N[C@]1(C(=O)NC(c2nc(C(=O)OC)no2)C(C)CC)CCc2[nH]c3c(Cl)cc(Cl)cc3c2C1. The molecular formula is C36H42Cl2N6O7. The van der Waals surface area contributed by atoms with Crippen LogP contribution in [-0.4, -0.2) is 57.7 Å². The minimum atomic E-state index is -1.51. The van der Waals surface area contributed by atoms with Gasteiger partial charge in [-0.15, -0.1) is 0 Å². The van der Waals surface area contributed by atoms with Crippen LogP contribution in [0.5, 0.6) is 0 Å². The molecule has 2 aromatic carbocycles. The molecule has 5 rings (SSSR count). The van der Waals surface area contributed by atoms with Crippen molar-refractivity contribution < 1.29 is 33.2 Å². The van der Waals surface area contributed by atoms with Gasteiger partial charge >= 0.3 is 12.1 Å². The third kappa shape index (κ3) is 8.31. The van der Waals surface area contributed by atoms with Crippen molar-refractivity contribution in [1.82, 2.24) is 31.1 Å². The minimum Gasteiger partial charge on any atom is -0.463 e. The Balaban J connectivity index is 1.49. The summed E-state index contributed by atoms with van der Waals surface area (Å²) < 4.78 is 15.6. The number of hydrogen-bond acceptors (Lipinski definition) is 9. The van der Waals surface area contributed by atoms with E-state index in [0.29, 0.717) is 34.8 Å². The number of alkyl carbamates (subject to hydrolysis) is 1. The maximum atomic E-state index is 14.7. The summed E-state index contributed by atoms with van der Waals surface area (Å²) in [6, 6.07) is 10.8. The topological polar surface area (TPSA) is 178 Å². The van der Waals surface area contributed by atoms with E-state index >= 15 is 0 Å². The third-order valence-electron chi connectivity index (χ3n) is 9.65. The summed E-state index contributed by atoms with van der Waals surface area (Å²) in [6.07, 6.45) is 1.05. The van der Waals surface area contributed by atoms with E-state index in [4.69, 9.17) is 37.2 Å². The lowest BCUT2D eigenvalue weighted by Crippen LogP contribution is -2.65. The summed E-state index contributed by atoms with van der Waals surface area (Å²) in [6.45, 7) is 7.59. The van der Waals surface area contributed by atoms with Gasteiger partial charge in [-0.2, -0.15) is 4.98 Å². The average molecular weight is 742 g/mol. The Morgan fingerprint density at radius 3 is 2.45 bits per heavy atom. The molecule has 0 saturated carbocycles. The van der Waals surface area contributed by atoms with Gasteiger partial charge in [0.25, 0.3) is 5.82 Å². The number of aromatic nitrogens is 3. The summed E-state index contributed by atoms with van der Waals surface area (Å²) >= 11 is 13.0. The first-order valence-electron chi connectivity index (χ1n) is 16.9. The van der Waals surface area contributed by atoms with E-state index in [0.717, 1.165) is 22.2 Å². The summed E-state index contributed by atoms with van der Waals surface area (Å²) in [4.78, 5) is 61.7. The summed E-state index contributed by atoms with van der Waals surface area (Å²) in [5.41, 5.74) is 1.60. The van der Waals surface area contributed by atoms with Crippen molar-refractivity contribution in [2.75, 3.05) is 7.11 Å². The largest absolute Gasteiger partial charge is 0.463 e.